The number of rotatable bonds is 11. The lowest BCUT2D eigenvalue weighted by molar-refractivity contribution is -0.149. The van der Waals surface area contributed by atoms with Crippen LogP contribution in [-0.2, 0) is 48.9 Å². The third-order valence-electron chi connectivity index (χ3n) is 13.9. The van der Waals surface area contributed by atoms with Crippen molar-refractivity contribution in [1.82, 2.24) is 10.3 Å². The molecular formula is C53H59N2O9S2-. The minimum Gasteiger partial charge on any atom is -0.670 e. The molecule has 1 saturated carbocycles. The minimum absolute atomic E-state index is 0.0129. The molecular weight excluding hydrogens is 873 g/mol. The molecule has 1 aliphatic carbocycles. The number of hydrogen-bond donors (Lipinski definition) is 7. The van der Waals surface area contributed by atoms with E-state index in [1.165, 1.54) is 34.8 Å². The number of aliphatic hydroxyl groups is 3. The van der Waals surface area contributed by atoms with E-state index in [0.29, 0.717) is 54.0 Å². The Hall–Kier alpha value is -5.15. The van der Waals surface area contributed by atoms with Crippen LogP contribution in [0.25, 0.3) is 10.8 Å². The maximum Gasteiger partial charge on any atom is 0.164 e. The highest BCUT2D eigenvalue weighted by Gasteiger charge is 2.57. The molecule has 0 amide bonds. The zero-order chi connectivity index (χ0) is 46.7. The number of hydrogen-bond acceptors (Lipinski definition) is 12. The third-order valence-corrected chi connectivity index (χ3v) is 16.8. The van der Waals surface area contributed by atoms with E-state index in [9.17, 15) is 30.6 Å². The summed E-state index contributed by atoms with van der Waals surface area (Å²) in [7, 11) is 7.82. The second kappa shape index (κ2) is 20.4. The van der Waals surface area contributed by atoms with Crippen LogP contribution in [0.2, 0.25) is 0 Å². The summed E-state index contributed by atoms with van der Waals surface area (Å²) in [5.41, 5.74) is 5.73. The Morgan fingerprint density at radius 1 is 0.894 bits per heavy atom. The number of fused-ring (bicyclic) bond motifs is 2. The Balaban J connectivity index is 1.35. The first kappa shape index (κ1) is 47.3. The largest absolute Gasteiger partial charge is 0.670 e. The van der Waals surface area contributed by atoms with E-state index in [1.54, 1.807) is 56.9 Å². The number of methoxy groups -OCH3 is 2. The number of aromatic hydroxyl groups is 3. The van der Waals surface area contributed by atoms with Crippen LogP contribution < -0.4 is 19.8 Å². The predicted molar refractivity (Wildman–Crippen MR) is 261 cm³/mol. The molecule has 1 aromatic heterocycles. The van der Waals surface area contributed by atoms with E-state index in [4.69, 9.17) is 9.47 Å². The summed E-state index contributed by atoms with van der Waals surface area (Å²) in [6, 6.07) is 25.7. The van der Waals surface area contributed by atoms with Gasteiger partial charge in [0.2, 0.25) is 0 Å². The van der Waals surface area contributed by atoms with Gasteiger partial charge in [0.05, 0.1) is 43.7 Å². The minimum atomic E-state index is -1.66. The molecule has 5 aromatic carbocycles. The predicted octanol–water partition coefficient (Wildman–Crippen LogP) is 7.74. The fraction of sp³-hybridized carbons (Fsp3) is 0.377. The summed E-state index contributed by atoms with van der Waals surface area (Å²) in [6.07, 6.45) is 2.90. The maximum absolute atomic E-state index is 16.3. The van der Waals surface area contributed by atoms with Gasteiger partial charge in [0.25, 0.3) is 0 Å². The van der Waals surface area contributed by atoms with E-state index in [1.807, 2.05) is 24.3 Å². The molecule has 11 nitrogen and oxygen atoms in total. The molecule has 7 unspecified atom stereocenters. The second-order valence-electron chi connectivity index (χ2n) is 17.8. The molecule has 0 saturated heterocycles. The molecule has 8 rings (SSSR count). The average Bonchev–Trinajstić information content (AvgIpc) is 3.83. The lowest BCUT2D eigenvalue weighted by Gasteiger charge is -2.49. The van der Waals surface area contributed by atoms with E-state index in [2.05, 4.69) is 41.5 Å². The Morgan fingerprint density at radius 3 is 2.44 bits per heavy atom. The summed E-state index contributed by atoms with van der Waals surface area (Å²) in [6.45, 7) is 2.34. The van der Waals surface area contributed by atoms with Crippen LogP contribution in [0.15, 0.2) is 97.3 Å². The van der Waals surface area contributed by atoms with Crippen LogP contribution in [-0.4, -0.2) is 82.3 Å². The normalized spacial score (nSPS) is 23.7. The Kier molecular flexibility index (Phi) is 14.6. The number of benzene rings is 5. The standard InChI is InChI=1S/C53H59N2O9S2/c1-5-33-10-11-34-7-6-8-40-46(28-56)66-65-29-37-22-47(60)53(25-30-9-13-43(58)45(20-30)63-3,38-18-32(26-54-2)19-39(57)23-38)52(62)49(37)50(61)36(17-31-15-16-55-27-31)21-35-12-14-44(59)51(64-4)42(35)24-41(33)48(34)40/h6-16,18-20,23,27,36-37,46-47,49-50,54,56-61H,5,17,21-22,24-26,28-29H2,1-4H3/q-1. The summed E-state index contributed by atoms with van der Waals surface area (Å²) >= 11 is 0. The van der Waals surface area contributed by atoms with Gasteiger partial charge in [-0.1, -0.05) is 88.7 Å². The van der Waals surface area contributed by atoms with Crippen molar-refractivity contribution >= 4 is 38.1 Å². The first-order valence-electron chi connectivity index (χ1n) is 22.5. The molecule has 13 heteroatoms. The topological polar surface area (TPSA) is 183 Å². The first-order chi connectivity index (χ1) is 31.9. The summed E-state index contributed by atoms with van der Waals surface area (Å²) in [5.74, 6) is -1.71. The number of Topliss-reactive ketones (excluding diaryl/α,β-unsaturated/α-hetero) is 1. The number of aryl methyl sites for hydroxylation is 1. The molecule has 2 heterocycles. The fourth-order valence-corrected chi connectivity index (χ4v) is 13.6. The zero-order valence-corrected chi connectivity index (χ0v) is 39.4. The molecule has 348 valence electrons. The molecule has 66 heavy (non-hydrogen) atoms. The molecule has 0 bridgehead atoms. The van der Waals surface area contributed by atoms with Crippen molar-refractivity contribution in [2.24, 2.45) is 17.8 Å². The van der Waals surface area contributed by atoms with E-state index < -0.39 is 35.4 Å². The summed E-state index contributed by atoms with van der Waals surface area (Å²) in [4.78, 5) is 20.6. The Bertz CT molecular complexity index is 2670. The molecule has 2 aliphatic rings. The number of nitrogens with one attached hydrogen (secondary N) is 1. The molecule has 1 aliphatic heterocycles. The van der Waals surface area contributed by atoms with Gasteiger partial charge in [0.1, 0.15) is 5.75 Å². The number of carbonyl (C=O) groups is 1. The Morgan fingerprint density at radius 2 is 1.71 bits per heavy atom. The average molecular weight is 932 g/mol. The number of phenols is 3. The van der Waals surface area contributed by atoms with Crippen LogP contribution in [0.3, 0.4) is 0 Å². The molecule has 0 spiro atoms. The molecule has 0 radical (unpaired) electrons. The van der Waals surface area contributed by atoms with Crippen molar-refractivity contribution in [2.75, 3.05) is 33.6 Å². The first-order valence-corrected chi connectivity index (χ1v) is 24.9. The van der Waals surface area contributed by atoms with Gasteiger partial charge in [-0.05, 0) is 131 Å². The lowest BCUT2D eigenvalue weighted by Crippen LogP contribution is -2.61. The number of aromatic nitrogens is 1. The quantitative estimate of drug-likeness (QED) is 0.0628. The molecule has 1 fully saturated rings. The van der Waals surface area contributed by atoms with Crippen molar-refractivity contribution in [2.45, 2.75) is 74.9 Å². The van der Waals surface area contributed by atoms with E-state index in [-0.39, 0.29) is 53.5 Å². The van der Waals surface area contributed by atoms with Crippen molar-refractivity contribution in [3.63, 3.8) is 0 Å². The summed E-state index contributed by atoms with van der Waals surface area (Å²) < 4.78 is 11.5. The van der Waals surface area contributed by atoms with Crippen molar-refractivity contribution in [3.8, 4) is 28.7 Å². The van der Waals surface area contributed by atoms with Crippen LogP contribution >= 0.6 is 21.6 Å². The van der Waals surface area contributed by atoms with E-state index in [0.717, 1.165) is 50.6 Å². The van der Waals surface area contributed by atoms with Gasteiger partial charge < -0.3 is 50.4 Å². The second-order valence-corrected chi connectivity index (χ2v) is 20.4. The highest BCUT2D eigenvalue weighted by Crippen LogP contribution is 2.52. The van der Waals surface area contributed by atoms with Gasteiger partial charge in [-0.3, -0.25) is 4.79 Å². The SMILES string of the molecule is CCc1ccc2cccc3c2c1Cc1c(ccc(O)c1OC)CC(Cc1cc[n-]c1)C(O)C1C(=O)C(Cc2ccc(O)c(OC)c2)(c2cc(O)cc(CNC)c2)C(O)CC1CSSC3CO. The third kappa shape index (κ3) is 9.13. The van der Waals surface area contributed by atoms with Crippen molar-refractivity contribution in [1.29, 1.82) is 0 Å². The molecule has 6 aromatic rings. The lowest BCUT2D eigenvalue weighted by atomic mass is 9.55. The number of nitrogens with zero attached hydrogens (tertiary/aromatic N) is 1. The van der Waals surface area contributed by atoms with Gasteiger partial charge in [-0.25, -0.2) is 0 Å². The highest BCUT2D eigenvalue weighted by molar-refractivity contribution is 8.76. The van der Waals surface area contributed by atoms with Crippen LogP contribution in [0.1, 0.15) is 68.7 Å². The van der Waals surface area contributed by atoms with E-state index >= 15 is 4.79 Å². The number of aliphatic hydroxyl groups excluding tert-OH is 3. The number of phenolic OH excluding ortho intramolecular Hbond substituents is 3. The van der Waals surface area contributed by atoms with Gasteiger partial charge in [-0.2, -0.15) is 12.4 Å². The monoisotopic (exact) mass is 931 g/mol. The fourth-order valence-electron chi connectivity index (χ4n) is 10.7. The molecule has 7 atom stereocenters. The van der Waals surface area contributed by atoms with Gasteiger partial charge >= 0.3 is 0 Å². The van der Waals surface area contributed by atoms with Crippen LogP contribution in [0.5, 0.6) is 28.7 Å². The number of carbonyl (C=O) groups excluding carboxylic acids is 1. The van der Waals surface area contributed by atoms with Gasteiger partial charge in [-0.15, -0.1) is 0 Å². The van der Waals surface area contributed by atoms with Crippen LogP contribution in [0, 0.1) is 17.8 Å². The Labute approximate surface area is 394 Å². The maximum atomic E-state index is 16.3. The zero-order valence-electron chi connectivity index (χ0n) is 37.7. The van der Waals surface area contributed by atoms with Crippen LogP contribution in [0.4, 0.5) is 0 Å². The smallest absolute Gasteiger partial charge is 0.164 e. The van der Waals surface area contributed by atoms with Crippen molar-refractivity contribution < 1.29 is 44.9 Å². The van der Waals surface area contributed by atoms with Crippen molar-refractivity contribution in [3.05, 3.63) is 147 Å². The highest BCUT2D eigenvalue weighted by atomic mass is 33.1. The summed E-state index contributed by atoms with van der Waals surface area (Å²) in [5, 5.41) is 75.3. The van der Waals surface area contributed by atoms with Gasteiger partial charge in [0.15, 0.2) is 28.8 Å². The number of ether oxygens (including phenoxy) is 2. The molecule has 7 N–H and O–H groups in total. The number of ketones is 1. The van der Waals surface area contributed by atoms with Gasteiger partial charge in [0, 0.05) is 30.2 Å².